The first-order valence-electron chi connectivity index (χ1n) is 11.2. The number of nitrogens with one attached hydrogen (secondary N) is 1. The van der Waals surface area contributed by atoms with Gasteiger partial charge in [0.1, 0.15) is 15.3 Å². The van der Waals surface area contributed by atoms with E-state index in [2.05, 4.69) is 39.7 Å². The van der Waals surface area contributed by atoms with Gasteiger partial charge in [0.05, 0.1) is 0 Å². The summed E-state index contributed by atoms with van der Waals surface area (Å²) < 4.78 is 31.4. The predicted octanol–water partition coefficient (Wildman–Crippen LogP) is 2.65. The van der Waals surface area contributed by atoms with Gasteiger partial charge >= 0.3 is 0 Å². The smallest absolute Gasteiger partial charge is 0.276 e. The van der Waals surface area contributed by atoms with Crippen molar-refractivity contribution in [2.75, 3.05) is 32.7 Å². The lowest BCUT2D eigenvalue weighted by atomic mass is 10.1. The van der Waals surface area contributed by atoms with Crippen LogP contribution in [0.15, 0.2) is 62.7 Å². The van der Waals surface area contributed by atoms with Crippen molar-refractivity contribution in [3.63, 3.8) is 0 Å². The number of piperazine rings is 1. The molecule has 1 aromatic carbocycles. The summed E-state index contributed by atoms with van der Waals surface area (Å²) in [5.74, 6) is 0.308. The van der Waals surface area contributed by atoms with E-state index in [0.29, 0.717) is 28.6 Å². The molecule has 34 heavy (non-hydrogen) atoms. The highest BCUT2D eigenvalue weighted by Crippen LogP contribution is 2.28. The zero-order chi connectivity index (χ0) is 23.5. The van der Waals surface area contributed by atoms with E-state index < -0.39 is 15.2 Å². The van der Waals surface area contributed by atoms with Crippen LogP contribution >= 0.6 is 11.3 Å². The molecule has 1 amide bonds. The normalized spacial score (nSPS) is 19.4. The van der Waals surface area contributed by atoms with Gasteiger partial charge in [-0.3, -0.25) is 15.0 Å². The second-order valence-corrected chi connectivity index (χ2v) is 11.7. The Morgan fingerprint density at radius 2 is 1.94 bits per heavy atom. The topological polar surface area (TPSA) is 95.8 Å². The molecule has 2 aromatic heterocycles. The van der Waals surface area contributed by atoms with Crippen LogP contribution in [0.5, 0.6) is 0 Å². The van der Waals surface area contributed by atoms with E-state index in [9.17, 15) is 13.2 Å². The highest BCUT2D eigenvalue weighted by Gasteiger charge is 2.37. The van der Waals surface area contributed by atoms with E-state index in [0.717, 1.165) is 19.6 Å². The molecule has 0 aliphatic carbocycles. The number of hydrogen-bond donors (Lipinski definition) is 1. The molecule has 1 saturated heterocycles. The fraction of sp³-hybridized carbons (Fsp3) is 0.333. The number of amides is 1. The third-order valence-corrected chi connectivity index (χ3v) is 9.66. The van der Waals surface area contributed by atoms with Crippen molar-refractivity contribution in [3.05, 3.63) is 76.5 Å². The first kappa shape index (κ1) is 23.0. The maximum absolute atomic E-state index is 13.1. The number of sulfone groups is 1. The molecule has 0 saturated carbocycles. The van der Waals surface area contributed by atoms with Crippen LogP contribution < -0.4 is 5.32 Å². The van der Waals surface area contributed by atoms with Crippen molar-refractivity contribution in [1.29, 1.82) is 0 Å². The molecule has 3 aromatic rings. The second kappa shape index (κ2) is 9.83. The Hall–Kier alpha value is -2.79. The van der Waals surface area contributed by atoms with Crippen molar-refractivity contribution < 1.29 is 17.7 Å². The van der Waals surface area contributed by atoms with E-state index >= 15 is 0 Å². The van der Waals surface area contributed by atoms with Gasteiger partial charge in [-0.05, 0) is 17.0 Å². The van der Waals surface area contributed by atoms with Crippen molar-refractivity contribution in [2.24, 2.45) is 0 Å². The van der Waals surface area contributed by atoms with Crippen molar-refractivity contribution >= 4 is 33.2 Å². The van der Waals surface area contributed by atoms with Crippen molar-refractivity contribution in [3.8, 4) is 0 Å². The summed E-state index contributed by atoms with van der Waals surface area (Å²) in [4.78, 5) is 17.2. The number of carbonyl (C=O) groups excluding carboxylic acids is 1. The molecule has 1 N–H and O–H groups in total. The minimum atomic E-state index is -3.51. The minimum Gasteiger partial charge on any atom is -0.360 e. The second-order valence-electron chi connectivity index (χ2n) is 8.39. The summed E-state index contributed by atoms with van der Waals surface area (Å²) in [6.07, 6.45) is 4.41. The van der Waals surface area contributed by atoms with Crippen LogP contribution in [0.3, 0.4) is 0 Å². The average Bonchev–Trinajstić information content (AvgIpc) is 3.55. The Bertz CT molecular complexity index is 1260. The quantitative estimate of drug-likeness (QED) is 0.558. The van der Waals surface area contributed by atoms with Crippen LogP contribution in [0, 0.1) is 0 Å². The first-order valence-corrected chi connectivity index (χ1v) is 13.7. The Morgan fingerprint density at radius 3 is 2.68 bits per heavy atom. The lowest BCUT2D eigenvalue weighted by Gasteiger charge is -2.34. The Balaban J connectivity index is 1.18. The fourth-order valence-corrected chi connectivity index (χ4v) is 7.00. The first-order chi connectivity index (χ1) is 16.5. The molecule has 2 aliphatic rings. The number of fused-ring (bicyclic) bond motifs is 1. The van der Waals surface area contributed by atoms with Crippen LogP contribution in [-0.4, -0.2) is 67.4 Å². The number of aromatic nitrogens is 1. The highest BCUT2D eigenvalue weighted by molar-refractivity contribution is 7.94. The zero-order valence-corrected chi connectivity index (χ0v) is 20.2. The zero-order valence-electron chi connectivity index (χ0n) is 18.6. The van der Waals surface area contributed by atoms with Gasteiger partial charge in [0, 0.05) is 51.3 Å². The van der Waals surface area contributed by atoms with Crippen molar-refractivity contribution in [1.82, 2.24) is 20.3 Å². The number of benzene rings is 1. The lowest BCUT2D eigenvalue weighted by Crippen LogP contribution is -2.49. The van der Waals surface area contributed by atoms with Gasteiger partial charge in [-0.15, -0.1) is 11.3 Å². The summed E-state index contributed by atoms with van der Waals surface area (Å²) in [6, 6.07) is 13.5. The monoisotopic (exact) mass is 498 g/mol. The van der Waals surface area contributed by atoms with Crippen LogP contribution in [0.25, 0.3) is 6.08 Å². The van der Waals surface area contributed by atoms with Gasteiger partial charge < -0.3 is 9.42 Å². The summed E-state index contributed by atoms with van der Waals surface area (Å²) in [6.45, 7) is 3.86. The molecule has 0 radical (unpaired) electrons. The summed E-state index contributed by atoms with van der Waals surface area (Å²) in [5.41, 5.74) is 2.12. The Morgan fingerprint density at radius 1 is 1.15 bits per heavy atom. The highest BCUT2D eigenvalue weighted by atomic mass is 32.2. The molecule has 2 aliphatic heterocycles. The number of thiophene rings is 1. The van der Waals surface area contributed by atoms with E-state index in [4.69, 9.17) is 4.52 Å². The van der Waals surface area contributed by atoms with Crippen molar-refractivity contribution in [2.45, 2.75) is 22.5 Å². The third-order valence-electron chi connectivity index (χ3n) is 6.23. The Kier molecular flexibility index (Phi) is 6.64. The molecular formula is C24H26N4O4S2. The summed E-state index contributed by atoms with van der Waals surface area (Å²) in [7, 11) is -3.51. The Labute approximate surface area is 202 Å². The van der Waals surface area contributed by atoms with Gasteiger partial charge in [-0.25, -0.2) is 8.42 Å². The van der Waals surface area contributed by atoms with E-state index in [1.807, 2.05) is 18.2 Å². The molecule has 1 unspecified atom stereocenters. The number of carbonyl (C=O) groups is 1. The van der Waals surface area contributed by atoms with Gasteiger partial charge in [0.2, 0.25) is 9.84 Å². The molecule has 1 fully saturated rings. The lowest BCUT2D eigenvalue weighted by molar-refractivity contribution is 0.0639. The number of rotatable bonds is 6. The average molecular weight is 499 g/mol. The van der Waals surface area contributed by atoms with E-state index in [1.54, 1.807) is 22.4 Å². The van der Waals surface area contributed by atoms with Gasteiger partial charge in [0.25, 0.3) is 5.91 Å². The maximum atomic E-state index is 13.1. The standard InChI is InChI=1S/C24H26N4O4S2/c29-24(28-13-11-27(12-14-28)10-4-8-18-6-2-1-3-7-18)23-19-17-25-21(16-20(19)32-26-23)34(30,31)22-9-5-15-33-22/h1-9,15,21,25H,10-14,16-17H2. The molecule has 0 bridgehead atoms. The molecule has 1 atom stereocenters. The van der Waals surface area contributed by atoms with Crippen LogP contribution in [0.2, 0.25) is 0 Å². The van der Waals surface area contributed by atoms with Gasteiger partial charge in [-0.1, -0.05) is 53.7 Å². The molecule has 178 valence electrons. The molecule has 10 heteroatoms. The molecule has 0 spiro atoms. The summed E-state index contributed by atoms with van der Waals surface area (Å²) >= 11 is 1.19. The van der Waals surface area contributed by atoms with E-state index in [1.165, 1.54) is 16.9 Å². The summed E-state index contributed by atoms with van der Waals surface area (Å²) in [5, 5.41) is 8.05. The third kappa shape index (κ3) is 4.72. The molecule has 4 heterocycles. The minimum absolute atomic E-state index is 0.150. The molecular weight excluding hydrogens is 472 g/mol. The molecule has 5 rings (SSSR count). The number of nitrogens with zero attached hydrogens (tertiary/aromatic N) is 3. The SMILES string of the molecule is O=C(c1noc2c1CNC(S(=O)(=O)c1cccs1)C2)N1CCN(CC=Cc2ccccc2)CC1. The van der Waals surface area contributed by atoms with Crippen LogP contribution in [-0.2, 0) is 22.8 Å². The predicted molar refractivity (Wildman–Crippen MR) is 130 cm³/mol. The maximum Gasteiger partial charge on any atom is 0.276 e. The molecule has 8 nitrogen and oxygen atoms in total. The number of hydrogen-bond acceptors (Lipinski definition) is 8. The van der Waals surface area contributed by atoms with E-state index in [-0.39, 0.29) is 24.6 Å². The van der Waals surface area contributed by atoms with Crippen LogP contribution in [0.1, 0.15) is 27.4 Å². The van der Waals surface area contributed by atoms with Gasteiger partial charge in [0.15, 0.2) is 5.69 Å². The van der Waals surface area contributed by atoms with Gasteiger partial charge in [-0.2, -0.15) is 0 Å². The van der Waals surface area contributed by atoms with Crippen LogP contribution in [0.4, 0.5) is 0 Å². The largest absolute Gasteiger partial charge is 0.360 e. The fourth-order valence-electron chi connectivity index (χ4n) is 4.28.